The van der Waals surface area contributed by atoms with Crippen molar-refractivity contribution in [2.45, 2.75) is 66.3 Å². The smallest absolute Gasteiger partial charge is 0.244 e. The number of hydrogen-bond acceptors (Lipinski definition) is 19. The molecule has 0 atom stereocenters. The summed E-state index contributed by atoms with van der Waals surface area (Å²) in [4.78, 5) is 92.0. The predicted octanol–water partition coefficient (Wildman–Crippen LogP) is 10.5. The lowest BCUT2D eigenvalue weighted by molar-refractivity contribution is -0.133. The molecule has 0 bridgehead atoms. The lowest BCUT2D eigenvalue weighted by Gasteiger charge is -2.34. The molecule has 3 amide bonds. The SMILES string of the molecule is CC(C)Oc1ccc(-c2nc(-c3ccccc3)n(CC(=O)N3CCN(c4ncccn4)CC3)n2)cc1.CC(C)c1ccc(-c2nc(-c3ccccc3)nn2CC(=O)N2CCN(c3ncccn3)CC2)cc1.Cc1cccc(-c2nc(-c3ccccc3)nn2CC(=O)N2CCN(c3ncccn3)CC2)c1. The third-order valence-corrected chi connectivity index (χ3v) is 18.0. The number of aromatic nitrogens is 15. The van der Waals surface area contributed by atoms with E-state index in [0.29, 0.717) is 137 Å². The number of piperazine rings is 3. The van der Waals surface area contributed by atoms with Gasteiger partial charge in [0.05, 0.1) is 6.10 Å². The van der Waals surface area contributed by atoms with Crippen LogP contribution in [-0.2, 0) is 34.0 Å². The van der Waals surface area contributed by atoms with E-state index in [-0.39, 0.29) is 43.5 Å². The molecule has 3 saturated heterocycles. The second-order valence-electron chi connectivity index (χ2n) is 25.9. The summed E-state index contributed by atoms with van der Waals surface area (Å²) in [5.41, 5.74) is 7.92. The van der Waals surface area contributed by atoms with E-state index in [1.165, 1.54) is 5.56 Å². The average molecular weight is 1390 g/mol. The van der Waals surface area contributed by atoms with Crippen molar-refractivity contribution in [3.8, 4) is 74.1 Å². The lowest BCUT2D eigenvalue weighted by Crippen LogP contribution is -2.50. The number of hydrogen-bond donors (Lipinski definition) is 0. The molecule has 0 aliphatic carbocycles. The molecule has 6 aromatic heterocycles. The fourth-order valence-electron chi connectivity index (χ4n) is 12.4. The zero-order valence-corrected chi connectivity index (χ0v) is 59.1. The van der Waals surface area contributed by atoms with Crippen LogP contribution >= 0.6 is 0 Å². The normalized spacial score (nSPS) is 13.8. The van der Waals surface area contributed by atoms with Gasteiger partial charge in [-0.3, -0.25) is 14.4 Å². The topological polar surface area (TPSA) is 249 Å². The minimum absolute atomic E-state index is 0.0120. The van der Waals surface area contributed by atoms with Crippen molar-refractivity contribution < 1.29 is 19.1 Å². The highest BCUT2D eigenvalue weighted by molar-refractivity contribution is 5.79. The zero-order valence-electron chi connectivity index (χ0n) is 59.1. The fraction of sp³-hybridized carbons (Fsp3) is 0.278. The number of carbonyl (C=O) groups is 3. The number of rotatable bonds is 18. The third-order valence-electron chi connectivity index (χ3n) is 18.0. The number of ether oxygens (including phenoxy) is 1. The first-order valence-corrected chi connectivity index (χ1v) is 35.2. The number of carbonyl (C=O) groups excluding carboxylic acids is 3. The van der Waals surface area contributed by atoms with Crippen LogP contribution in [0.5, 0.6) is 5.75 Å². The highest BCUT2D eigenvalue weighted by Gasteiger charge is 2.29. The fourth-order valence-corrected chi connectivity index (χ4v) is 12.4. The Kier molecular flexibility index (Phi) is 22.5. The predicted molar refractivity (Wildman–Crippen MR) is 400 cm³/mol. The van der Waals surface area contributed by atoms with Gasteiger partial charge in [0.1, 0.15) is 25.4 Å². The van der Waals surface area contributed by atoms with Crippen molar-refractivity contribution in [2.75, 3.05) is 93.2 Å². The van der Waals surface area contributed by atoms with Gasteiger partial charge in [0.25, 0.3) is 0 Å². The Morgan fingerprint density at radius 3 is 1.02 bits per heavy atom. The number of benzene rings is 6. The first-order chi connectivity index (χ1) is 50.8. The minimum atomic E-state index is 0.0120. The van der Waals surface area contributed by atoms with Crippen molar-refractivity contribution in [3.63, 3.8) is 0 Å². The van der Waals surface area contributed by atoms with E-state index in [2.05, 4.69) is 88.8 Å². The van der Waals surface area contributed by atoms with Crippen LogP contribution in [0.15, 0.2) is 219 Å². The molecular weight excluding hydrogens is 1310 g/mol. The molecule has 528 valence electrons. The van der Waals surface area contributed by atoms with Crippen LogP contribution in [-0.4, -0.2) is 191 Å². The Bertz CT molecular complexity index is 4740. The van der Waals surface area contributed by atoms with Crippen LogP contribution in [0.25, 0.3) is 68.3 Å². The molecule has 0 unspecified atom stereocenters. The Balaban J connectivity index is 0.000000139. The summed E-state index contributed by atoms with van der Waals surface area (Å²) in [7, 11) is 0. The van der Waals surface area contributed by atoms with Crippen LogP contribution in [0.1, 0.15) is 44.7 Å². The molecule has 3 aliphatic heterocycles. The van der Waals surface area contributed by atoms with Gasteiger partial charge in [-0.15, -0.1) is 15.3 Å². The number of aryl methyl sites for hydroxylation is 1. The van der Waals surface area contributed by atoms with Gasteiger partial charge < -0.3 is 34.1 Å². The molecule has 0 saturated carbocycles. The molecule has 104 heavy (non-hydrogen) atoms. The Morgan fingerprint density at radius 2 is 0.673 bits per heavy atom. The standard InChI is InChI=1S/C27H29N7O2.C27H29N7O.C25H25N7O/c1-20(2)36-23-11-9-21(10-12-23)25-30-26(22-7-4-3-5-8-22)34(31-25)19-24(35)32-15-17-33(18-16-32)27-28-13-6-14-29-27;1-20(2)21-9-11-23(12-10-21)26-30-25(22-7-4-3-5-8-22)31-34(26)19-24(35)32-15-17-33(18-16-32)27-28-13-6-14-29-27;1-19-7-5-10-21(17-19)24-28-23(20-8-3-2-4-9-20)29-32(24)18-22(33)30-13-15-31(16-14-30)25-26-11-6-12-27-25/h3-14,20H,15-19H2,1-2H3;3-14,20H,15-19H2,1-2H3;2-12,17H,13-16,18H2,1H3. The Labute approximate surface area is 604 Å². The summed E-state index contributed by atoms with van der Waals surface area (Å²) >= 11 is 0. The van der Waals surface area contributed by atoms with Crippen LogP contribution in [0.4, 0.5) is 17.8 Å². The Morgan fingerprint density at radius 1 is 0.356 bits per heavy atom. The van der Waals surface area contributed by atoms with E-state index in [0.717, 1.165) is 44.7 Å². The molecule has 9 heterocycles. The van der Waals surface area contributed by atoms with Gasteiger partial charge >= 0.3 is 0 Å². The molecule has 3 fully saturated rings. The Hall–Kier alpha value is -12.4. The summed E-state index contributed by atoms with van der Waals surface area (Å²) in [6.45, 7) is 18.7. The minimum Gasteiger partial charge on any atom is -0.491 e. The molecule has 12 aromatic rings. The average Bonchev–Trinajstić information content (AvgIpc) is 1.66. The van der Waals surface area contributed by atoms with E-state index >= 15 is 0 Å². The van der Waals surface area contributed by atoms with E-state index in [1.807, 2.05) is 169 Å². The number of anilines is 3. The van der Waals surface area contributed by atoms with Crippen LogP contribution in [0.2, 0.25) is 0 Å². The van der Waals surface area contributed by atoms with E-state index in [1.54, 1.807) is 69.4 Å². The monoisotopic (exact) mass is 1390 g/mol. The molecule has 3 aliphatic rings. The first-order valence-electron chi connectivity index (χ1n) is 35.2. The van der Waals surface area contributed by atoms with Crippen molar-refractivity contribution in [3.05, 3.63) is 230 Å². The second kappa shape index (κ2) is 33.4. The zero-order chi connectivity index (χ0) is 71.7. The van der Waals surface area contributed by atoms with Crippen molar-refractivity contribution in [1.29, 1.82) is 0 Å². The van der Waals surface area contributed by atoms with Gasteiger partial charge in [0.2, 0.25) is 35.6 Å². The van der Waals surface area contributed by atoms with Crippen molar-refractivity contribution in [2.24, 2.45) is 0 Å². The third kappa shape index (κ3) is 17.7. The molecule has 6 aromatic carbocycles. The van der Waals surface area contributed by atoms with Gasteiger partial charge in [0.15, 0.2) is 34.9 Å². The van der Waals surface area contributed by atoms with Gasteiger partial charge in [-0.2, -0.15) is 0 Å². The molecule has 0 spiro atoms. The first kappa shape index (κ1) is 70.0. The maximum atomic E-state index is 13.3. The number of amides is 3. The van der Waals surface area contributed by atoms with Crippen LogP contribution < -0.4 is 19.4 Å². The van der Waals surface area contributed by atoms with Gasteiger partial charge in [-0.25, -0.2) is 58.9 Å². The van der Waals surface area contributed by atoms with Crippen LogP contribution in [0, 0.1) is 6.92 Å². The molecule has 25 nitrogen and oxygen atoms in total. The maximum absolute atomic E-state index is 13.3. The highest BCUT2D eigenvalue weighted by atomic mass is 16.5. The highest BCUT2D eigenvalue weighted by Crippen LogP contribution is 2.29. The maximum Gasteiger partial charge on any atom is 0.244 e. The van der Waals surface area contributed by atoms with Gasteiger partial charge in [-0.1, -0.05) is 153 Å². The summed E-state index contributed by atoms with van der Waals surface area (Å²) in [6, 6.07) is 59.2. The van der Waals surface area contributed by atoms with Gasteiger partial charge in [-0.05, 0) is 80.8 Å². The second-order valence-corrected chi connectivity index (χ2v) is 25.9. The molecule has 0 N–H and O–H groups in total. The summed E-state index contributed by atoms with van der Waals surface area (Å²) in [5, 5.41) is 14.2. The summed E-state index contributed by atoms with van der Waals surface area (Å²) in [5.74, 6) is 7.29. The molecular formula is C79H83N21O4. The largest absolute Gasteiger partial charge is 0.491 e. The van der Waals surface area contributed by atoms with Gasteiger partial charge in [0, 0.05) is 149 Å². The van der Waals surface area contributed by atoms with E-state index < -0.39 is 0 Å². The van der Waals surface area contributed by atoms with Crippen molar-refractivity contribution >= 4 is 35.6 Å². The lowest BCUT2D eigenvalue weighted by atomic mass is 10.0. The summed E-state index contributed by atoms with van der Waals surface area (Å²) in [6.07, 6.45) is 10.5. The van der Waals surface area contributed by atoms with Crippen LogP contribution in [0.3, 0.4) is 0 Å². The number of nitrogens with zero attached hydrogens (tertiary/aromatic N) is 21. The molecule has 15 rings (SSSR count). The van der Waals surface area contributed by atoms with Crippen molar-refractivity contribution in [1.82, 2.24) is 88.9 Å². The van der Waals surface area contributed by atoms with E-state index in [9.17, 15) is 14.4 Å². The molecule has 25 heteroatoms. The quantitative estimate of drug-likeness (QED) is 0.0774. The molecule has 0 radical (unpaired) electrons. The summed E-state index contributed by atoms with van der Waals surface area (Å²) < 4.78 is 10.9. The van der Waals surface area contributed by atoms with E-state index in [4.69, 9.17) is 35.0 Å².